The molecule has 2 aromatic rings. The first-order valence-corrected chi connectivity index (χ1v) is 7.20. The number of halogens is 4. The largest absolute Gasteiger partial charge is 0.416 e. The maximum absolute atomic E-state index is 13.0. The van der Waals surface area contributed by atoms with Crippen molar-refractivity contribution in [3.05, 3.63) is 56.2 Å². The van der Waals surface area contributed by atoms with Crippen LogP contribution in [-0.4, -0.2) is 0 Å². The standard InChI is InChI=1S/C13H11BrF3NS/c14-8-3-4-10(11(6-8)13(15,16)17)12(18)7-9-2-1-5-19-9/h1-6,12H,7,18H2. The van der Waals surface area contributed by atoms with Gasteiger partial charge in [0.15, 0.2) is 0 Å². The minimum Gasteiger partial charge on any atom is -0.324 e. The van der Waals surface area contributed by atoms with Gasteiger partial charge >= 0.3 is 6.18 Å². The van der Waals surface area contributed by atoms with E-state index in [-0.39, 0.29) is 5.56 Å². The van der Waals surface area contributed by atoms with Gasteiger partial charge < -0.3 is 5.73 Å². The number of rotatable bonds is 3. The van der Waals surface area contributed by atoms with Gasteiger partial charge in [0.25, 0.3) is 0 Å². The third kappa shape index (κ3) is 3.58. The molecule has 2 rings (SSSR count). The SMILES string of the molecule is NC(Cc1cccs1)c1ccc(Br)cc1C(F)(F)F. The topological polar surface area (TPSA) is 26.0 Å². The number of benzene rings is 1. The van der Waals surface area contributed by atoms with Gasteiger partial charge in [0.2, 0.25) is 0 Å². The molecule has 0 spiro atoms. The quantitative estimate of drug-likeness (QED) is 0.848. The summed E-state index contributed by atoms with van der Waals surface area (Å²) in [5, 5.41) is 1.88. The van der Waals surface area contributed by atoms with E-state index in [1.165, 1.54) is 17.4 Å². The van der Waals surface area contributed by atoms with Crippen molar-refractivity contribution < 1.29 is 13.2 Å². The predicted octanol–water partition coefficient (Wildman–Crippen LogP) is 4.77. The second kappa shape index (κ2) is 5.64. The van der Waals surface area contributed by atoms with Crippen molar-refractivity contribution in [3.8, 4) is 0 Å². The molecule has 1 aromatic heterocycles. The summed E-state index contributed by atoms with van der Waals surface area (Å²) in [5.41, 5.74) is 5.38. The monoisotopic (exact) mass is 349 g/mol. The Bertz CT molecular complexity index is 552. The van der Waals surface area contributed by atoms with Gasteiger partial charge in [-0.25, -0.2) is 0 Å². The van der Waals surface area contributed by atoms with E-state index < -0.39 is 17.8 Å². The summed E-state index contributed by atoms with van der Waals surface area (Å²) < 4.78 is 39.4. The molecule has 6 heteroatoms. The van der Waals surface area contributed by atoms with Gasteiger partial charge in [-0.1, -0.05) is 28.1 Å². The molecule has 0 saturated carbocycles. The van der Waals surface area contributed by atoms with E-state index in [0.29, 0.717) is 10.9 Å². The Morgan fingerprint density at radius 1 is 1.26 bits per heavy atom. The molecule has 0 aliphatic rings. The number of hydrogen-bond acceptors (Lipinski definition) is 2. The molecule has 0 saturated heterocycles. The number of hydrogen-bond donors (Lipinski definition) is 1. The van der Waals surface area contributed by atoms with E-state index in [2.05, 4.69) is 15.9 Å². The average molecular weight is 350 g/mol. The van der Waals surface area contributed by atoms with Crippen LogP contribution in [0.25, 0.3) is 0 Å². The highest BCUT2D eigenvalue weighted by atomic mass is 79.9. The van der Waals surface area contributed by atoms with Crippen LogP contribution < -0.4 is 5.73 Å². The van der Waals surface area contributed by atoms with Gasteiger partial charge in [0.05, 0.1) is 5.56 Å². The Morgan fingerprint density at radius 2 is 2.00 bits per heavy atom. The van der Waals surface area contributed by atoms with Crippen LogP contribution >= 0.6 is 27.3 Å². The van der Waals surface area contributed by atoms with Gasteiger partial charge in [-0.15, -0.1) is 11.3 Å². The Kier molecular flexibility index (Phi) is 4.32. The van der Waals surface area contributed by atoms with Crippen LogP contribution in [0.5, 0.6) is 0 Å². The zero-order chi connectivity index (χ0) is 14.0. The Labute approximate surface area is 121 Å². The molecule has 19 heavy (non-hydrogen) atoms. The zero-order valence-corrected chi connectivity index (χ0v) is 12.1. The van der Waals surface area contributed by atoms with Gasteiger partial charge in [0.1, 0.15) is 0 Å². The van der Waals surface area contributed by atoms with Gasteiger partial charge in [-0.3, -0.25) is 0 Å². The van der Waals surface area contributed by atoms with Crippen molar-refractivity contribution in [3.63, 3.8) is 0 Å². The van der Waals surface area contributed by atoms with Crippen molar-refractivity contribution in [2.75, 3.05) is 0 Å². The molecular weight excluding hydrogens is 339 g/mol. The fourth-order valence-corrected chi connectivity index (χ4v) is 2.98. The molecule has 0 radical (unpaired) electrons. The van der Waals surface area contributed by atoms with Crippen LogP contribution in [0.4, 0.5) is 13.2 Å². The Hall–Kier alpha value is -0.850. The minimum atomic E-state index is -4.40. The van der Waals surface area contributed by atoms with E-state index in [0.717, 1.165) is 10.9 Å². The summed E-state index contributed by atoms with van der Waals surface area (Å²) in [6.45, 7) is 0. The Balaban J connectivity index is 2.33. The van der Waals surface area contributed by atoms with Crippen LogP contribution in [-0.2, 0) is 12.6 Å². The number of thiophene rings is 1. The lowest BCUT2D eigenvalue weighted by Crippen LogP contribution is -2.19. The molecule has 0 fully saturated rings. The molecule has 2 N–H and O–H groups in total. The summed E-state index contributed by atoms with van der Waals surface area (Å²) in [5.74, 6) is 0. The van der Waals surface area contributed by atoms with Crippen molar-refractivity contribution in [2.24, 2.45) is 5.73 Å². The summed E-state index contributed by atoms with van der Waals surface area (Å²) >= 11 is 4.55. The predicted molar refractivity (Wildman–Crippen MR) is 74.1 cm³/mol. The van der Waals surface area contributed by atoms with Crippen molar-refractivity contribution in [2.45, 2.75) is 18.6 Å². The maximum Gasteiger partial charge on any atom is 0.416 e. The molecule has 1 unspecified atom stereocenters. The molecule has 0 aliphatic carbocycles. The summed E-state index contributed by atoms with van der Waals surface area (Å²) in [6.07, 6.45) is -3.99. The first kappa shape index (κ1) is 14.6. The van der Waals surface area contributed by atoms with E-state index in [1.54, 1.807) is 6.07 Å². The minimum absolute atomic E-state index is 0.129. The van der Waals surface area contributed by atoms with Crippen molar-refractivity contribution >= 4 is 27.3 Å². The van der Waals surface area contributed by atoms with Crippen LogP contribution in [0.1, 0.15) is 22.0 Å². The summed E-state index contributed by atoms with van der Waals surface area (Å²) in [4.78, 5) is 0.976. The highest BCUT2D eigenvalue weighted by Crippen LogP contribution is 2.36. The fourth-order valence-electron chi connectivity index (χ4n) is 1.85. The molecule has 0 amide bonds. The third-order valence-electron chi connectivity index (χ3n) is 2.72. The van der Waals surface area contributed by atoms with E-state index in [9.17, 15) is 13.2 Å². The molecule has 1 heterocycles. The summed E-state index contributed by atoms with van der Waals surface area (Å²) in [6, 6.07) is 7.16. The first-order chi connectivity index (χ1) is 8.88. The first-order valence-electron chi connectivity index (χ1n) is 5.52. The smallest absolute Gasteiger partial charge is 0.324 e. The number of alkyl halides is 3. The highest BCUT2D eigenvalue weighted by Gasteiger charge is 2.34. The molecule has 1 atom stereocenters. The second-order valence-electron chi connectivity index (χ2n) is 4.12. The normalized spacial score (nSPS) is 13.5. The van der Waals surface area contributed by atoms with E-state index in [4.69, 9.17) is 5.73 Å². The lowest BCUT2D eigenvalue weighted by atomic mass is 9.98. The summed E-state index contributed by atoms with van der Waals surface area (Å²) in [7, 11) is 0. The van der Waals surface area contributed by atoms with Crippen molar-refractivity contribution in [1.82, 2.24) is 0 Å². The molecule has 0 aliphatic heterocycles. The lowest BCUT2D eigenvalue weighted by Gasteiger charge is -2.18. The molecule has 0 bridgehead atoms. The van der Waals surface area contributed by atoms with E-state index >= 15 is 0 Å². The highest BCUT2D eigenvalue weighted by molar-refractivity contribution is 9.10. The van der Waals surface area contributed by atoms with Gasteiger partial charge in [-0.2, -0.15) is 13.2 Å². The average Bonchev–Trinajstić information content (AvgIpc) is 2.80. The van der Waals surface area contributed by atoms with E-state index in [1.807, 2.05) is 17.5 Å². The van der Waals surface area contributed by atoms with Crippen LogP contribution in [0.15, 0.2) is 40.2 Å². The molecular formula is C13H11BrF3NS. The number of nitrogens with two attached hydrogens (primary N) is 1. The maximum atomic E-state index is 13.0. The Morgan fingerprint density at radius 3 is 2.58 bits per heavy atom. The second-order valence-corrected chi connectivity index (χ2v) is 6.07. The van der Waals surface area contributed by atoms with Crippen LogP contribution in [0.3, 0.4) is 0 Å². The third-order valence-corrected chi connectivity index (χ3v) is 4.11. The lowest BCUT2D eigenvalue weighted by molar-refractivity contribution is -0.138. The van der Waals surface area contributed by atoms with Crippen LogP contribution in [0.2, 0.25) is 0 Å². The molecule has 102 valence electrons. The van der Waals surface area contributed by atoms with Crippen LogP contribution in [0, 0.1) is 0 Å². The van der Waals surface area contributed by atoms with Gasteiger partial charge in [-0.05, 0) is 29.1 Å². The van der Waals surface area contributed by atoms with Crippen molar-refractivity contribution in [1.29, 1.82) is 0 Å². The van der Waals surface area contributed by atoms with Gasteiger partial charge in [0, 0.05) is 21.8 Å². The molecule has 1 nitrogen and oxygen atoms in total. The zero-order valence-electron chi connectivity index (χ0n) is 9.75. The molecule has 1 aromatic carbocycles. The fraction of sp³-hybridized carbons (Fsp3) is 0.231.